The van der Waals surface area contributed by atoms with Crippen molar-refractivity contribution in [3.63, 3.8) is 0 Å². The largest absolute Gasteiger partial charge is 0.398 e. The standard InChI is InChI=1S/C18H22N4/c1-10-6-5-7-11(2)13(10)8-14-15(19)9-16-18(17(14)20)21-12(3)22(16)4/h5-7,9H,8,19-20H2,1-4H3. The lowest BCUT2D eigenvalue weighted by molar-refractivity contribution is 0.886. The molecule has 22 heavy (non-hydrogen) atoms. The third kappa shape index (κ3) is 2.11. The van der Waals surface area contributed by atoms with E-state index in [1.165, 1.54) is 16.7 Å². The summed E-state index contributed by atoms with van der Waals surface area (Å²) >= 11 is 0. The maximum atomic E-state index is 6.39. The van der Waals surface area contributed by atoms with Gasteiger partial charge in [0.25, 0.3) is 0 Å². The van der Waals surface area contributed by atoms with Crippen molar-refractivity contribution in [2.75, 3.05) is 11.5 Å². The molecule has 0 aliphatic rings. The lowest BCUT2D eigenvalue weighted by atomic mass is 9.94. The van der Waals surface area contributed by atoms with Crippen LogP contribution in [0.25, 0.3) is 11.0 Å². The van der Waals surface area contributed by atoms with Crippen LogP contribution in [0.4, 0.5) is 11.4 Å². The zero-order valence-electron chi connectivity index (χ0n) is 13.6. The van der Waals surface area contributed by atoms with Gasteiger partial charge in [0.2, 0.25) is 0 Å². The number of aryl methyl sites for hydroxylation is 4. The first-order chi connectivity index (χ1) is 10.4. The van der Waals surface area contributed by atoms with E-state index in [1.54, 1.807) is 0 Å². The van der Waals surface area contributed by atoms with Crippen LogP contribution in [0, 0.1) is 20.8 Å². The molecule has 0 amide bonds. The molecule has 4 heteroatoms. The fourth-order valence-corrected chi connectivity index (χ4v) is 3.03. The molecule has 4 N–H and O–H groups in total. The molecule has 0 unspecified atom stereocenters. The fourth-order valence-electron chi connectivity index (χ4n) is 3.03. The van der Waals surface area contributed by atoms with Crippen LogP contribution in [0.2, 0.25) is 0 Å². The van der Waals surface area contributed by atoms with Crippen LogP contribution in [0.5, 0.6) is 0 Å². The van der Waals surface area contributed by atoms with E-state index in [1.807, 2.05) is 24.6 Å². The lowest BCUT2D eigenvalue weighted by Crippen LogP contribution is -2.05. The Morgan fingerprint density at radius 1 is 1.05 bits per heavy atom. The third-order valence-electron chi connectivity index (χ3n) is 4.58. The van der Waals surface area contributed by atoms with Crippen LogP contribution >= 0.6 is 0 Å². The van der Waals surface area contributed by atoms with E-state index in [9.17, 15) is 0 Å². The van der Waals surface area contributed by atoms with Crippen LogP contribution in [-0.4, -0.2) is 9.55 Å². The van der Waals surface area contributed by atoms with Crippen molar-refractivity contribution in [2.24, 2.45) is 7.05 Å². The molecule has 1 aromatic heterocycles. The zero-order valence-corrected chi connectivity index (χ0v) is 13.6. The number of hydrogen-bond acceptors (Lipinski definition) is 3. The summed E-state index contributed by atoms with van der Waals surface area (Å²) in [6.45, 7) is 6.22. The molecule has 0 aliphatic carbocycles. The summed E-state index contributed by atoms with van der Waals surface area (Å²) in [5.74, 6) is 0.935. The van der Waals surface area contributed by atoms with Gasteiger partial charge in [-0.25, -0.2) is 4.98 Å². The SMILES string of the molecule is Cc1cccc(C)c1Cc1c(N)cc2c(nc(C)n2C)c1N. The Hall–Kier alpha value is -2.49. The molecule has 3 rings (SSSR count). The van der Waals surface area contributed by atoms with Gasteiger partial charge in [0, 0.05) is 24.7 Å². The van der Waals surface area contributed by atoms with Crippen molar-refractivity contribution in [1.29, 1.82) is 0 Å². The van der Waals surface area contributed by atoms with Crippen LogP contribution in [0.15, 0.2) is 24.3 Å². The minimum Gasteiger partial charge on any atom is -0.398 e. The van der Waals surface area contributed by atoms with E-state index >= 15 is 0 Å². The van der Waals surface area contributed by atoms with Gasteiger partial charge in [-0.2, -0.15) is 0 Å². The summed E-state index contributed by atoms with van der Waals surface area (Å²) in [5.41, 5.74) is 20.7. The highest BCUT2D eigenvalue weighted by Gasteiger charge is 2.16. The molecule has 114 valence electrons. The minimum absolute atomic E-state index is 0.696. The van der Waals surface area contributed by atoms with E-state index in [2.05, 4.69) is 37.0 Å². The maximum Gasteiger partial charge on any atom is 0.112 e. The predicted molar refractivity (Wildman–Crippen MR) is 93.0 cm³/mol. The van der Waals surface area contributed by atoms with E-state index < -0.39 is 0 Å². The molecule has 0 radical (unpaired) electrons. The van der Waals surface area contributed by atoms with E-state index in [-0.39, 0.29) is 0 Å². The fraction of sp³-hybridized carbons (Fsp3) is 0.278. The van der Waals surface area contributed by atoms with E-state index in [4.69, 9.17) is 11.5 Å². The summed E-state index contributed by atoms with van der Waals surface area (Å²) in [6, 6.07) is 8.30. The minimum atomic E-state index is 0.696. The summed E-state index contributed by atoms with van der Waals surface area (Å²) < 4.78 is 2.02. The van der Waals surface area contributed by atoms with E-state index in [0.29, 0.717) is 5.69 Å². The quantitative estimate of drug-likeness (QED) is 0.713. The molecule has 1 heterocycles. The second-order valence-corrected chi connectivity index (χ2v) is 5.99. The molecule has 4 nitrogen and oxygen atoms in total. The van der Waals surface area contributed by atoms with Gasteiger partial charge in [-0.3, -0.25) is 0 Å². The predicted octanol–water partition coefficient (Wildman–Crippen LogP) is 3.25. The number of nitrogens with zero attached hydrogens (tertiary/aromatic N) is 2. The first-order valence-electron chi connectivity index (χ1n) is 7.45. The molecule has 0 atom stereocenters. The first kappa shape index (κ1) is 14.4. The normalized spacial score (nSPS) is 11.3. The monoisotopic (exact) mass is 294 g/mol. The first-order valence-corrected chi connectivity index (χ1v) is 7.45. The summed E-state index contributed by atoms with van der Waals surface area (Å²) in [5, 5.41) is 0. The summed E-state index contributed by atoms with van der Waals surface area (Å²) in [6.07, 6.45) is 0.738. The number of nitrogen functional groups attached to an aromatic ring is 2. The molecule has 0 bridgehead atoms. The zero-order chi connectivity index (χ0) is 16.0. The van der Waals surface area contributed by atoms with Crippen LogP contribution in [0.1, 0.15) is 28.1 Å². The van der Waals surface area contributed by atoms with Gasteiger partial charge in [0.1, 0.15) is 11.3 Å². The van der Waals surface area contributed by atoms with Gasteiger partial charge in [-0.15, -0.1) is 0 Å². The maximum absolute atomic E-state index is 6.39. The van der Waals surface area contributed by atoms with Gasteiger partial charge in [0.15, 0.2) is 0 Å². The number of aromatic nitrogens is 2. The van der Waals surface area contributed by atoms with Crippen molar-refractivity contribution >= 4 is 22.4 Å². The second-order valence-electron chi connectivity index (χ2n) is 5.99. The topological polar surface area (TPSA) is 69.9 Å². The van der Waals surface area contributed by atoms with Crippen LogP contribution in [-0.2, 0) is 13.5 Å². The Labute approximate surface area is 130 Å². The van der Waals surface area contributed by atoms with Crippen LogP contribution < -0.4 is 11.5 Å². The van der Waals surface area contributed by atoms with E-state index in [0.717, 1.165) is 34.5 Å². The van der Waals surface area contributed by atoms with Crippen molar-refractivity contribution in [2.45, 2.75) is 27.2 Å². The van der Waals surface area contributed by atoms with Crippen molar-refractivity contribution in [1.82, 2.24) is 9.55 Å². The smallest absolute Gasteiger partial charge is 0.112 e. The molecular weight excluding hydrogens is 272 g/mol. The molecule has 0 saturated heterocycles. The molecule has 0 fully saturated rings. The van der Waals surface area contributed by atoms with Crippen molar-refractivity contribution in [3.8, 4) is 0 Å². The molecule has 0 saturated carbocycles. The number of imidazole rings is 1. The molecular formula is C18H22N4. The lowest BCUT2D eigenvalue weighted by Gasteiger charge is -2.14. The number of fused-ring (bicyclic) bond motifs is 1. The molecule has 2 aromatic carbocycles. The number of hydrogen-bond donors (Lipinski definition) is 2. The Balaban J connectivity index is 2.19. The van der Waals surface area contributed by atoms with Crippen molar-refractivity contribution < 1.29 is 0 Å². The van der Waals surface area contributed by atoms with Gasteiger partial charge >= 0.3 is 0 Å². The van der Waals surface area contributed by atoms with Gasteiger partial charge < -0.3 is 16.0 Å². The molecule has 0 aliphatic heterocycles. The molecule has 0 spiro atoms. The number of benzene rings is 2. The Morgan fingerprint density at radius 3 is 2.32 bits per heavy atom. The highest BCUT2D eigenvalue weighted by atomic mass is 15.1. The number of nitrogens with two attached hydrogens (primary N) is 2. The molecule has 3 aromatic rings. The van der Waals surface area contributed by atoms with Gasteiger partial charge in [0.05, 0.1) is 11.2 Å². The number of rotatable bonds is 2. The summed E-state index contributed by atoms with van der Waals surface area (Å²) in [4.78, 5) is 4.58. The number of anilines is 2. The average Bonchev–Trinajstić information content (AvgIpc) is 2.74. The second kappa shape index (κ2) is 5.05. The van der Waals surface area contributed by atoms with Crippen molar-refractivity contribution in [3.05, 3.63) is 52.3 Å². The third-order valence-corrected chi connectivity index (χ3v) is 4.58. The van der Waals surface area contributed by atoms with Gasteiger partial charge in [-0.05, 0) is 43.5 Å². The summed E-state index contributed by atoms with van der Waals surface area (Å²) in [7, 11) is 1.98. The Morgan fingerprint density at radius 2 is 1.68 bits per heavy atom. The highest BCUT2D eigenvalue weighted by Crippen LogP contribution is 2.32. The average molecular weight is 294 g/mol. The Kier molecular flexibility index (Phi) is 3.32. The van der Waals surface area contributed by atoms with Gasteiger partial charge in [-0.1, -0.05) is 18.2 Å². The Bertz CT molecular complexity index is 854. The highest BCUT2D eigenvalue weighted by molar-refractivity contribution is 5.94. The van der Waals surface area contributed by atoms with Crippen LogP contribution in [0.3, 0.4) is 0 Å².